The van der Waals surface area contributed by atoms with Crippen LogP contribution in [0.3, 0.4) is 0 Å². The maximum Gasteiger partial charge on any atom is 0.295 e. The van der Waals surface area contributed by atoms with E-state index in [9.17, 15) is 19.3 Å². The number of piperazine rings is 1. The predicted octanol–water partition coefficient (Wildman–Crippen LogP) is 2.48. The van der Waals surface area contributed by atoms with E-state index < -0.39 is 10.7 Å². The molecular formula is C18H25FN4O3. The van der Waals surface area contributed by atoms with E-state index in [0.717, 1.165) is 64.5 Å². The van der Waals surface area contributed by atoms with Crippen LogP contribution >= 0.6 is 0 Å². The van der Waals surface area contributed by atoms with Gasteiger partial charge in [0.15, 0.2) is 0 Å². The smallest absolute Gasteiger partial charge is 0.295 e. The molecule has 1 saturated carbocycles. The van der Waals surface area contributed by atoms with E-state index in [1.54, 1.807) is 0 Å². The lowest BCUT2D eigenvalue weighted by Crippen LogP contribution is -2.50. The molecule has 0 spiro atoms. The van der Waals surface area contributed by atoms with Crippen LogP contribution in [0.4, 0.5) is 15.8 Å². The molecule has 142 valence electrons. The third-order valence-corrected chi connectivity index (χ3v) is 5.29. The molecule has 1 amide bonds. The number of carbonyl (C=O) groups excluding carboxylic acids is 1. The molecule has 8 heteroatoms. The van der Waals surface area contributed by atoms with Crippen LogP contribution in [-0.2, 0) is 4.79 Å². The molecule has 0 unspecified atom stereocenters. The standard InChI is InChI=1S/C18H25FN4O3/c19-15-5-6-16(17(13-15)23(25)26)20-7-8-21-9-11-22(12-10-21)18(24)14-3-1-2-4-14/h5-6,13-14,20H,1-4,7-12H2. The molecule has 7 nitrogen and oxygen atoms in total. The van der Waals surface area contributed by atoms with Crippen LogP contribution in [0.1, 0.15) is 25.7 Å². The molecule has 2 fully saturated rings. The zero-order valence-electron chi connectivity index (χ0n) is 14.8. The summed E-state index contributed by atoms with van der Waals surface area (Å²) in [7, 11) is 0. The van der Waals surface area contributed by atoms with Crippen molar-refractivity contribution < 1.29 is 14.1 Å². The number of halogens is 1. The Morgan fingerprint density at radius 2 is 1.92 bits per heavy atom. The normalized spacial score (nSPS) is 18.9. The fourth-order valence-electron chi connectivity index (χ4n) is 3.78. The van der Waals surface area contributed by atoms with E-state index in [1.807, 2.05) is 4.90 Å². The van der Waals surface area contributed by atoms with Gasteiger partial charge in [-0.05, 0) is 25.0 Å². The van der Waals surface area contributed by atoms with Crippen molar-refractivity contribution in [2.45, 2.75) is 25.7 Å². The molecule has 1 heterocycles. The number of hydrogen-bond acceptors (Lipinski definition) is 5. The second-order valence-corrected chi connectivity index (χ2v) is 6.99. The van der Waals surface area contributed by atoms with Gasteiger partial charge >= 0.3 is 0 Å². The number of amides is 1. The van der Waals surface area contributed by atoms with E-state index in [0.29, 0.717) is 18.1 Å². The summed E-state index contributed by atoms with van der Waals surface area (Å²) in [5, 5.41) is 14.0. The highest BCUT2D eigenvalue weighted by atomic mass is 19.1. The van der Waals surface area contributed by atoms with Crippen LogP contribution in [0, 0.1) is 21.8 Å². The number of nitro groups is 1. The number of carbonyl (C=O) groups is 1. The average Bonchev–Trinajstić information content (AvgIpc) is 3.17. The van der Waals surface area contributed by atoms with E-state index in [1.165, 1.54) is 12.1 Å². The Kier molecular flexibility index (Phi) is 6.03. The van der Waals surface area contributed by atoms with Crippen molar-refractivity contribution in [3.8, 4) is 0 Å². The third kappa shape index (κ3) is 4.49. The Bertz CT molecular complexity index is 656. The Hall–Kier alpha value is -2.22. The lowest BCUT2D eigenvalue weighted by Gasteiger charge is -2.36. The summed E-state index contributed by atoms with van der Waals surface area (Å²) < 4.78 is 13.2. The van der Waals surface area contributed by atoms with Gasteiger partial charge in [-0.3, -0.25) is 19.8 Å². The molecule has 1 aromatic carbocycles. The Morgan fingerprint density at radius 1 is 1.23 bits per heavy atom. The number of nitro benzene ring substituents is 1. The summed E-state index contributed by atoms with van der Waals surface area (Å²) in [5.74, 6) is -0.0882. The first-order valence-electron chi connectivity index (χ1n) is 9.23. The summed E-state index contributed by atoms with van der Waals surface area (Å²) in [6, 6.07) is 3.53. The maximum atomic E-state index is 13.2. The van der Waals surface area contributed by atoms with E-state index in [2.05, 4.69) is 10.2 Å². The van der Waals surface area contributed by atoms with Crippen LogP contribution in [0.15, 0.2) is 18.2 Å². The first-order valence-corrected chi connectivity index (χ1v) is 9.23. The Labute approximate surface area is 152 Å². The van der Waals surface area contributed by atoms with Gasteiger partial charge in [0.25, 0.3) is 5.69 Å². The maximum absolute atomic E-state index is 13.2. The minimum atomic E-state index is -0.620. The van der Waals surface area contributed by atoms with E-state index >= 15 is 0 Å². The zero-order valence-corrected chi connectivity index (χ0v) is 14.8. The molecule has 1 N–H and O–H groups in total. The number of hydrogen-bond donors (Lipinski definition) is 1. The molecule has 3 rings (SSSR count). The van der Waals surface area contributed by atoms with E-state index in [4.69, 9.17) is 0 Å². The second-order valence-electron chi connectivity index (χ2n) is 6.99. The van der Waals surface area contributed by atoms with Gasteiger partial charge in [0, 0.05) is 45.2 Å². The molecule has 1 saturated heterocycles. The Balaban J connectivity index is 1.43. The van der Waals surface area contributed by atoms with Crippen molar-refractivity contribution in [3.63, 3.8) is 0 Å². The van der Waals surface area contributed by atoms with Crippen molar-refractivity contribution in [1.29, 1.82) is 0 Å². The molecule has 0 atom stereocenters. The van der Waals surface area contributed by atoms with Crippen molar-refractivity contribution in [3.05, 3.63) is 34.1 Å². The van der Waals surface area contributed by atoms with Crippen LogP contribution in [0.5, 0.6) is 0 Å². The molecule has 0 aromatic heterocycles. The number of rotatable bonds is 6. The van der Waals surface area contributed by atoms with Crippen molar-refractivity contribution in [1.82, 2.24) is 9.80 Å². The number of anilines is 1. The van der Waals surface area contributed by atoms with Gasteiger partial charge < -0.3 is 10.2 Å². The highest BCUT2D eigenvalue weighted by Crippen LogP contribution is 2.27. The molecule has 1 aliphatic carbocycles. The summed E-state index contributed by atoms with van der Waals surface area (Å²) in [6.45, 7) is 4.36. The van der Waals surface area contributed by atoms with Crippen LogP contribution < -0.4 is 5.32 Å². The van der Waals surface area contributed by atoms with Crippen LogP contribution in [0.25, 0.3) is 0 Å². The van der Waals surface area contributed by atoms with Gasteiger partial charge in [-0.2, -0.15) is 0 Å². The van der Waals surface area contributed by atoms with Crippen LogP contribution in [-0.4, -0.2) is 59.9 Å². The number of benzene rings is 1. The largest absolute Gasteiger partial charge is 0.378 e. The molecule has 2 aliphatic rings. The van der Waals surface area contributed by atoms with Crippen LogP contribution in [0.2, 0.25) is 0 Å². The minimum absolute atomic E-state index is 0.224. The van der Waals surface area contributed by atoms with E-state index in [-0.39, 0.29) is 11.6 Å². The predicted molar refractivity (Wildman–Crippen MR) is 96.5 cm³/mol. The SMILES string of the molecule is O=C(C1CCCC1)N1CCN(CCNc2ccc(F)cc2[N+](=O)[O-])CC1. The average molecular weight is 364 g/mol. The fraction of sp³-hybridized carbons (Fsp3) is 0.611. The first kappa shape index (κ1) is 18.6. The van der Waals surface area contributed by atoms with Crippen molar-refractivity contribution in [2.75, 3.05) is 44.6 Å². The molecule has 26 heavy (non-hydrogen) atoms. The fourth-order valence-corrected chi connectivity index (χ4v) is 3.78. The van der Waals surface area contributed by atoms with Crippen molar-refractivity contribution >= 4 is 17.3 Å². The zero-order chi connectivity index (χ0) is 18.5. The van der Waals surface area contributed by atoms with Gasteiger partial charge in [-0.25, -0.2) is 4.39 Å². The van der Waals surface area contributed by atoms with Gasteiger partial charge in [-0.1, -0.05) is 12.8 Å². The second kappa shape index (κ2) is 8.44. The highest BCUT2D eigenvalue weighted by Gasteiger charge is 2.29. The van der Waals surface area contributed by atoms with Gasteiger partial charge in [0.1, 0.15) is 11.5 Å². The quantitative estimate of drug-likeness (QED) is 0.620. The molecule has 1 aromatic rings. The summed E-state index contributed by atoms with van der Waals surface area (Å²) in [5.41, 5.74) is 0.0726. The summed E-state index contributed by atoms with van der Waals surface area (Å²) in [4.78, 5) is 27.1. The highest BCUT2D eigenvalue weighted by molar-refractivity contribution is 5.79. The van der Waals surface area contributed by atoms with Gasteiger partial charge in [0.05, 0.1) is 11.0 Å². The lowest BCUT2D eigenvalue weighted by atomic mass is 10.1. The van der Waals surface area contributed by atoms with Gasteiger partial charge in [0.2, 0.25) is 5.91 Å². The molecular weight excluding hydrogens is 339 g/mol. The third-order valence-electron chi connectivity index (χ3n) is 5.29. The molecule has 0 radical (unpaired) electrons. The number of nitrogens with one attached hydrogen (secondary N) is 1. The van der Waals surface area contributed by atoms with Crippen molar-refractivity contribution in [2.24, 2.45) is 5.92 Å². The molecule has 1 aliphatic heterocycles. The summed E-state index contributed by atoms with van der Waals surface area (Å²) >= 11 is 0. The molecule has 0 bridgehead atoms. The summed E-state index contributed by atoms with van der Waals surface area (Å²) in [6.07, 6.45) is 4.38. The Morgan fingerprint density at radius 3 is 2.58 bits per heavy atom. The number of nitrogens with zero attached hydrogens (tertiary/aromatic N) is 3. The van der Waals surface area contributed by atoms with Gasteiger partial charge in [-0.15, -0.1) is 0 Å². The lowest BCUT2D eigenvalue weighted by molar-refractivity contribution is -0.384. The monoisotopic (exact) mass is 364 g/mol. The first-order chi connectivity index (χ1) is 12.5. The topological polar surface area (TPSA) is 78.7 Å². The minimum Gasteiger partial charge on any atom is -0.378 e.